The molecular weight excluding hydrogens is 366 g/mol. The maximum atomic E-state index is 12.2. The van der Waals surface area contributed by atoms with Gasteiger partial charge in [0.2, 0.25) is 0 Å². The molecular formula is C23H25N3O3. The highest BCUT2D eigenvalue weighted by Crippen LogP contribution is 2.16. The summed E-state index contributed by atoms with van der Waals surface area (Å²) < 4.78 is 10.8. The van der Waals surface area contributed by atoms with E-state index in [0.29, 0.717) is 25.4 Å². The molecule has 0 radical (unpaired) electrons. The number of hydrogen-bond donors (Lipinski definition) is 2. The van der Waals surface area contributed by atoms with Crippen molar-refractivity contribution >= 4 is 11.6 Å². The van der Waals surface area contributed by atoms with Crippen molar-refractivity contribution in [2.24, 2.45) is 0 Å². The Morgan fingerprint density at radius 3 is 2.38 bits per heavy atom. The van der Waals surface area contributed by atoms with Crippen LogP contribution in [0.1, 0.15) is 16.1 Å². The zero-order valence-corrected chi connectivity index (χ0v) is 16.4. The molecule has 2 aromatic carbocycles. The van der Waals surface area contributed by atoms with E-state index in [-0.39, 0.29) is 5.91 Å². The quantitative estimate of drug-likeness (QED) is 0.517. The largest absolute Gasteiger partial charge is 0.497 e. The fourth-order valence-corrected chi connectivity index (χ4v) is 2.72. The smallest absolute Gasteiger partial charge is 0.269 e. The van der Waals surface area contributed by atoms with Gasteiger partial charge in [0.25, 0.3) is 5.91 Å². The van der Waals surface area contributed by atoms with Crippen LogP contribution in [0.15, 0.2) is 72.9 Å². The fraction of sp³-hybridized carbons (Fsp3) is 0.217. The third-order valence-corrected chi connectivity index (χ3v) is 4.30. The van der Waals surface area contributed by atoms with E-state index in [1.54, 1.807) is 19.4 Å². The molecule has 2 N–H and O–H groups in total. The fourth-order valence-electron chi connectivity index (χ4n) is 2.72. The Bertz CT molecular complexity index is 882. The predicted molar refractivity (Wildman–Crippen MR) is 114 cm³/mol. The van der Waals surface area contributed by atoms with Gasteiger partial charge in [0.15, 0.2) is 0 Å². The summed E-state index contributed by atoms with van der Waals surface area (Å²) in [6.45, 7) is 1.71. The molecule has 3 aromatic rings. The number of hydrogen-bond acceptors (Lipinski definition) is 5. The zero-order valence-electron chi connectivity index (χ0n) is 16.4. The number of carbonyl (C=O) groups is 1. The number of ether oxygens (including phenoxy) is 2. The Balaban J connectivity index is 1.37. The van der Waals surface area contributed by atoms with E-state index in [1.807, 2.05) is 60.7 Å². The number of methoxy groups -OCH3 is 1. The lowest BCUT2D eigenvalue weighted by Crippen LogP contribution is -2.26. The first-order chi connectivity index (χ1) is 14.2. The van der Waals surface area contributed by atoms with E-state index in [0.717, 1.165) is 23.6 Å². The maximum absolute atomic E-state index is 12.2. The first-order valence-electron chi connectivity index (χ1n) is 9.53. The van der Waals surface area contributed by atoms with Gasteiger partial charge >= 0.3 is 0 Å². The minimum atomic E-state index is -0.171. The van der Waals surface area contributed by atoms with Crippen LogP contribution < -0.4 is 20.1 Å². The highest BCUT2D eigenvalue weighted by molar-refractivity contribution is 5.92. The summed E-state index contributed by atoms with van der Waals surface area (Å²) in [5, 5.41) is 6.12. The van der Waals surface area contributed by atoms with E-state index in [9.17, 15) is 4.79 Å². The summed E-state index contributed by atoms with van der Waals surface area (Å²) in [6, 6.07) is 21.1. The summed E-state index contributed by atoms with van der Waals surface area (Å²) in [6.07, 6.45) is 2.44. The van der Waals surface area contributed by atoms with E-state index in [2.05, 4.69) is 15.6 Å². The summed E-state index contributed by atoms with van der Waals surface area (Å²) in [5.41, 5.74) is 2.43. The minimum Gasteiger partial charge on any atom is -0.497 e. The summed E-state index contributed by atoms with van der Waals surface area (Å²) >= 11 is 0. The highest BCUT2D eigenvalue weighted by atomic mass is 16.5. The van der Waals surface area contributed by atoms with Crippen LogP contribution in [-0.2, 0) is 6.42 Å². The number of nitrogens with zero attached hydrogens (tertiary/aromatic N) is 1. The van der Waals surface area contributed by atoms with Gasteiger partial charge in [-0.2, -0.15) is 0 Å². The molecule has 150 valence electrons. The lowest BCUT2D eigenvalue weighted by molar-refractivity contribution is 0.0949. The van der Waals surface area contributed by atoms with Gasteiger partial charge in [-0.3, -0.25) is 4.79 Å². The van der Waals surface area contributed by atoms with E-state index in [4.69, 9.17) is 9.47 Å². The molecule has 29 heavy (non-hydrogen) atoms. The Kier molecular flexibility index (Phi) is 7.46. The third kappa shape index (κ3) is 6.53. The number of nitrogens with one attached hydrogen (secondary N) is 2. The van der Waals surface area contributed by atoms with Crippen LogP contribution in [0.25, 0.3) is 0 Å². The molecule has 1 heterocycles. The molecule has 0 unspecified atom stereocenters. The van der Waals surface area contributed by atoms with Gasteiger partial charge in [-0.25, -0.2) is 4.98 Å². The molecule has 1 aromatic heterocycles. The van der Waals surface area contributed by atoms with Crippen molar-refractivity contribution in [1.82, 2.24) is 10.3 Å². The number of amides is 1. The Labute approximate surface area is 170 Å². The Hall–Kier alpha value is -3.54. The molecule has 6 nitrogen and oxygen atoms in total. The molecule has 0 saturated heterocycles. The summed E-state index contributed by atoms with van der Waals surface area (Å²) in [7, 11) is 1.63. The standard InChI is InChI=1S/C23H25N3O3/c1-28-20-8-10-21(11-9-20)29-16-15-24-19-7-12-22(26-17-19)23(27)25-14-13-18-5-3-2-4-6-18/h2-12,17,24H,13-16H2,1H3,(H,25,27). The molecule has 0 aliphatic rings. The average molecular weight is 391 g/mol. The first kappa shape index (κ1) is 20.2. The predicted octanol–water partition coefficient (Wildman–Crippen LogP) is 3.55. The van der Waals surface area contributed by atoms with Crippen LogP contribution >= 0.6 is 0 Å². The number of rotatable bonds is 10. The Morgan fingerprint density at radius 1 is 0.931 bits per heavy atom. The van der Waals surface area contributed by atoms with Crippen LogP contribution in [0.3, 0.4) is 0 Å². The molecule has 0 fully saturated rings. The second-order valence-electron chi connectivity index (χ2n) is 6.37. The Morgan fingerprint density at radius 2 is 1.69 bits per heavy atom. The van der Waals surface area contributed by atoms with E-state index in [1.165, 1.54) is 5.56 Å². The third-order valence-electron chi connectivity index (χ3n) is 4.30. The topological polar surface area (TPSA) is 72.5 Å². The molecule has 0 bridgehead atoms. The van der Waals surface area contributed by atoms with Crippen molar-refractivity contribution in [2.45, 2.75) is 6.42 Å². The highest BCUT2D eigenvalue weighted by Gasteiger charge is 2.06. The number of pyridine rings is 1. The van der Waals surface area contributed by atoms with Gasteiger partial charge in [0.1, 0.15) is 23.8 Å². The summed E-state index contributed by atoms with van der Waals surface area (Å²) in [4.78, 5) is 16.4. The molecule has 0 aliphatic heterocycles. The van der Waals surface area contributed by atoms with E-state index < -0.39 is 0 Å². The van der Waals surface area contributed by atoms with Gasteiger partial charge in [-0.15, -0.1) is 0 Å². The monoisotopic (exact) mass is 391 g/mol. The SMILES string of the molecule is COc1ccc(OCCNc2ccc(C(=O)NCCc3ccccc3)nc2)cc1. The van der Waals surface area contributed by atoms with Gasteiger partial charge in [0, 0.05) is 13.1 Å². The van der Waals surface area contributed by atoms with Crippen LogP contribution in [0.2, 0.25) is 0 Å². The molecule has 0 spiro atoms. The van der Waals surface area contributed by atoms with Crippen LogP contribution in [-0.4, -0.2) is 37.7 Å². The maximum Gasteiger partial charge on any atom is 0.269 e. The van der Waals surface area contributed by atoms with Gasteiger partial charge in [0.05, 0.1) is 19.0 Å². The van der Waals surface area contributed by atoms with Crippen molar-refractivity contribution < 1.29 is 14.3 Å². The van der Waals surface area contributed by atoms with Gasteiger partial charge < -0.3 is 20.1 Å². The normalized spacial score (nSPS) is 10.2. The molecule has 0 atom stereocenters. The zero-order chi connectivity index (χ0) is 20.3. The molecule has 1 amide bonds. The van der Waals surface area contributed by atoms with Crippen molar-refractivity contribution in [2.75, 3.05) is 32.1 Å². The van der Waals surface area contributed by atoms with Crippen molar-refractivity contribution in [3.63, 3.8) is 0 Å². The van der Waals surface area contributed by atoms with Gasteiger partial charge in [-0.05, 0) is 48.4 Å². The summed E-state index contributed by atoms with van der Waals surface area (Å²) in [5.74, 6) is 1.41. The minimum absolute atomic E-state index is 0.171. The number of carbonyl (C=O) groups excluding carboxylic acids is 1. The molecule has 0 aliphatic carbocycles. The van der Waals surface area contributed by atoms with Crippen molar-refractivity contribution in [3.05, 3.63) is 84.2 Å². The number of benzene rings is 2. The number of anilines is 1. The second-order valence-corrected chi connectivity index (χ2v) is 6.37. The average Bonchev–Trinajstić information content (AvgIpc) is 2.78. The van der Waals surface area contributed by atoms with Crippen LogP contribution in [0, 0.1) is 0 Å². The molecule has 6 heteroatoms. The van der Waals surface area contributed by atoms with E-state index >= 15 is 0 Å². The molecule has 0 saturated carbocycles. The lowest BCUT2D eigenvalue weighted by Gasteiger charge is -2.09. The van der Waals surface area contributed by atoms with Gasteiger partial charge in [-0.1, -0.05) is 30.3 Å². The number of aromatic nitrogens is 1. The first-order valence-corrected chi connectivity index (χ1v) is 9.53. The van der Waals surface area contributed by atoms with Crippen LogP contribution in [0.5, 0.6) is 11.5 Å². The lowest BCUT2D eigenvalue weighted by atomic mass is 10.1. The second kappa shape index (κ2) is 10.7. The van der Waals surface area contributed by atoms with Crippen LogP contribution in [0.4, 0.5) is 5.69 Å². The molecule has 3 rings (SSSR count). The van der Waals surface area contributed by atoms with Crippen molar-refractivity contribution in [1.29, 1.82) is 0 Å². The van der Waals surface area contributed by atoms with Crippen molar-refractivity contribution in [3.8, 4) is 11.5 Å².